The van der Waals surface area contributed by atoms with Crippen LogP contribution < -0.4 is 0 Å². The Morgan fingerprint density at radius 2 is 2.18 bits per heavy atom. The highest BCUT2D eigenvalue weighted by molar-refractivity contribution is 5.77. The van der Waals surface area contributed by atoms with Crippen LogP contribution in [0.25, 0.3) is 10.9 Å². The molecule has 0 saturated carbocycles. The highest BCUT2D eigenvalue weighted by Gasteiger charge is 1.97. The molecule has 4 nitrogen and oxygen atoms in total. The lowest BCUT2D eigenvalue weighted by molar-refractivity contribution is 0.989. The maximum atomic E-state index is 4.07. The molecule has 0 unspecified atom stereocenters. The highest BCUT2D eigenvalue weighted by atomic mass is 15.1. The van der Waals surface area contributed by atoms with Crippen molar-refractivity contribution in [1.82, 2.24) is 20.2 Å². The minimum Gasteiger partial charge on any atom is -0.244 e. The second-order valence-electron chi connectivity index (χ2n) is 2.26. The zero-order valence-corrected chi connectivity index (χ0v) is 6.02. The van der Waals surface area contributed by atoms with Crippen molar-refractivity contribution in [1.29, 1.82) is 0 Å². The van der Waals surface area contributed by atoms with Crippen LogP contribution in [0.5, 0.6) is 0 Å². The van der Waals surface area contributed by atoms with Gasteiger partial charge in [-0.3, -0.25) is 0 Å². The van der Waals surface area contributed by atoms with Crippen molar-refractivity contribution in [3.8, 4) is 0 Å². The summed E-state index contributed by atoms with van der Waals surface area (Å²) in [7, 11) is 0. The van der Waals surface area contributed by atoms with Gasteiger partial charge < -0.3 is 0 Å². The van der Waals surface area contributed by atoms with Gasteiger partial charge in [0.2, 0.25) is 0 Å². The first-order valence-corrected chi connectivity index (χ1v) is 3.26. The Balaban J connectivity index is 2.91. The fourth-order valence-electron chi connectivity index (χ4n) is 0.962. The van der Waals surface area contributed by atoms with E-state index in [1.54, 1.807) is 12.4 Å². The van der Waals surface area contributed by atoms with Gasteiger partial charge in [-0.1, -0.05) is 0 Å². The molecular weight excluding hydrogens is 140 g/mol. The fourth-order valence-corrected chi connectivity index (χ4v) is 0.962. The Bertz CT molecular complexity index is 380. The van der Waals surface area contributed by atoms with Gasteiger partial charge in [0.1, 0.15) is 6.33 Å². The van der Waals surface area contributed by atoms with Crippen LogP contribution in [0.15, 0.2) is 18.7 Å². The second kappa shape index (κ2) is 2.23. The van der Waals surface area contributed by atoms with E-state index in [0.29, 0.717) is 0 Å². The third-order valence-electron chi connectivity index (χ3n) is 1.49. The second-order valence-corrected chi connectivity index (χ2v) is 2.26. The molecule has 0 aromatic carbocycles. The first-order chi connectivity index (χ1) is 5.38. The number of aryl methyl sites for hydroxylation is 1. The molecule has 0 aliphatic heterocycles. The topological polar surface area (TPSA) is 51.6 Å². The highest BCUT2D eigenvalue weighted by Crippen LogP contribution is 2.08. The first-order valence-electron chi connectivity index (χ1n) is 3.26. The molecule has 0 N–H and O–H groups in total. The smallest absolute Gasteiger partial charge is 0.116 e. The van der Waals surface area contributed by atoms with Crippen molar-refractivity contribution in [3.63, 3.8) is 0 Å². The Labute approximate surface area is 63.3 Å². The number of hydrogen-bond acceptors (Lipinski definition) is 4. The Morgan fingerprint density at radius 1 is 1.27 bits per heavy atom. The van der Waals surface area contributed by atoms with E-state index in [1.807, 2.05) is 6.92 Å². The molecule has 0 saturated heterocycles. The minimum absolute atomic E-state index is 0.838. The van der Waals surface area contributed by atoms with Crippen LogP contribution in [0.4, 0.5) is 0 Å². The zero-order chi connectivity index (χ0) is 7.68. The van der Waals surface area contributed by atoms with Gasteiger partial charge in [0.15, 0.2) is 0 Å². The summed E-state index contributed by atoms with van der Waals surface area (Å²) in [5.74, 6) is 0. The third-order valence-corrected chi connectivity index (χ3v) is 1.49. The van der Waals surface area contributed by atoms with E-state index in [2.05, 4.69) is 20.2 Å². The molecule has 0 atom stereocenters. The van der Waals surface area contributed by atoms with Gasteiger partial charge in [-0.15, -0.1) is 0 Å². The van der Waals surface area contributed by atoms with Crippen LogP contribution in [-0.4, -0.2) is 20.2 Å². The fraction of sp³-hybridized carbons (Fsp3) is 0.143. The predicted octanol–water partition coefficient (Wildman–Crippen LogP) is 0.728. The van der Waals surface area contributed by atoms with Crippen LogP contribution in [0, 0.1) is 6.92 Å². The molecule has 0 bridgehead atoms. The largest absolute Gasteiger partial charge is 0.244 e. The van der Waals surface area contributed by atoms with E-state index in [0.717, 1.165) is 16.6 Å². The predicted molar refractivity (Wildman–Crippen MR) is 39.9 cm³/mol. The maximum Gasteiger partial charge on any atom is 0.116 e. The van der Waals surface area contributed by atoms with Crippen LogP contribution in [0.3, 0.4) is 0 Å². The van der Waals surface area contributed by atoms with Crippen LogP contribution >= 0.6 is 0 Å². The number of aromatic nitrogens is 4. The van der Waals surface area contributed by atoms with Crippen molar-refractivity contribution in [2.24, 2.45) is 0 Å². The number of fused-ring (bicyclic) bond motifs is 1. The van der Waals surface area contributed by atoms with E-state index in [-0.39, 0.29) is 0 Å². The lowest BCUT2D eigenvalue weighted by Crippen LogP contribution is -1.90. The molecule has 0 spiro atoms. The summed E-state index contributed by atoms with van der Waals surface area (Å²) in [6.07, 6.45) is 4.89. The number of hydrogen-bond donors (Lipinski definition) is 0. The monoisotopic (exact) mass is 146 g/mol. The van der Waals surface area contributed by atoms with E-state index in [9.17, 15) is 0 Å². The quantitative estimate of drug-likeness (QED) is 0.549. The summed E-state index contributed by atoms with van der Waals surface area (Å²) >= 11 is 0. The van der Waals surface area contributed by atoms with Crippen molar-refractivity contribution in [2.75, 3.05) is 0 Å². The van der Waals surface area contributed by atoms with E-state index < -0.39 is 0 Å². The average Bonchev–Trinajstić information content (AvgIpc) is 2.06. The Hall–Kier alpha value is -1.58. The summed E-state index contributed by atoms with van der Waals surface area (Å²) in [6.45, 7) is 1.88. The Kier molecular flexibility index (Phi) is 1.25. The lowest BCUT2D eigenvalue weighted by Gasteiger charge is -1.95. The first kappa shape index (κ1) is 6.15. The molecule has 0 amide bonds. The van der Waals surface area contributed by atoms with Gasteiger partial charge in [0, 0.05) is 11.6 Å². The summed E-state index contributed by atoms with van der Waals surface area (Å²) in [4.78, 5) is 7.94. The number of nitrogens with zero attached hydrogens (tertiary/aromatic N) is 4. The average molecular weight is 146 g/mol. The van der Waals surface area contributed by atoms with Crippen LogP contribution in [0.2, 0.25) is 0 Å². The summed E-state index contributed by atoms with van der Waals surface area (Å²) in [5.41, 5.74) is 1.71. The van der Waals surface area contributed by atoms with E-state index in [1.165, 1.54) is 6.33 Å². The molecule has 2 rings (SSSR count). The molecule has 54 valence electrons. The van der Waals surface area contributed by atoms with Crippen molar-refractivity contribution < 1.29 is 0 Å². The van der Waals surface area contributed by atoms with Gasteiger partial charge >= 0.3 is 0 Å². The summed E-state index contributed by atoms with van der Waals surface area (Å²) in [5, 5.41) is 8.58. The van der Waals surface area contributed by atoms with Gasteiger partial charge in [0.05, 0.1) is 17.4 Å². The van der Waals surface area contributed by atoms with Crippen LogP contribution in [0.1, 0.15) is 5.69 Å². The summed E-state index contributed by atoms with van der Waals surface area (Å²) < 4.78 is 0. The van der Waals surface area contributed by atoms with Gasteiger partial charge in [0.25, 0.3) is 0 Å². The standard InChI is InChI=1S/C7H6N4/c1-5-7-6(3-10-11-5)2-8-4-9-7/h2-4H,1H3. The molecule has 0 radical (unpaired) electrons. The van der Waals surface area contributed by atoms with Gasteiger partial charge in [-0.25, -0.2) is 9.97 Å². The van der Waals surface area contributed by atoms with E-state index in [4.69, 9.17) is 0 Å². The number of rotatable bonds is 0. The molecule has 4 heteroatoms. The summed E-state index contributed by atoms with van der Waals surface area (Å²) in [6, 6.07) is 0. The van der Waals surface area contributed by atoms with E-state index >= 15 is 0 Å². The molecule has 2 aromatic heterocycles. The van der Waals surface area contributed by atoms with Crippen LogP contribution in [-0.2, 0) is 0 Å². The molecule has 0 aliphatic carbocycles. The molecular formula is C7H6N4. The van der Waals surface area contributed by atoms with Gasteiger partial charge in [-0.2, -0.15) is 10.2 Å². The zero-order valence-electron chi connectivity index (χ0n) is 6.02. The molecule has 2 heterocycles. The van der Waals surface area contributed by atoms with Crippen molar-refractivity contribution in [2.45, 2.75) is 6.92 Å². The third kappa shape index (κ3) is 0.920. The van der Waals surface area contributed by atoms with Crippen molar-refractivity contribution >= 4 is 10.9 Å². The molecule has 11 heavy (non-hydrogen) atoms. The molecule has 0 fully saturated rings. The van der Waals surface area contributed by atoms with Crippen molar-refractivity contribution in [3.05, 3.63) is 24.4 Å². The molecule has 2 aromatic rings. The van der Waals surface area contributed by atoms with Gasteiger partial charge in [-0.05, 0) is 6.92 Å². The maximum absolute atomic E-state index is 4.07. The Morgan fingerprint density at radius 3 is 3.00 bits per heavy atom. The normalized spacial score (nSPS) is 10.3. The lowest BCUT2D eigenvalue weighted by atomic mass is 10.3. The SMILES string of the molecule is Cc1nncc2cncnc12. The minimum atomic E-state index is 0.838. The molecule has 0 aliphatic rings.